The predicted octanol–water partition coefficient (Wildman–Crippen LogP) is 2.24. The van der Waals surface area contributed by atoms with Gasteiger partial charge < -0.3 is 10.6 Å². The van der Waals surface area contributed by atoms with Crippen LogP contribution >= 0.6 is 0 Å². The van der Waals surface area contributed by atoms with Crippen LogP contribution in [0.25, 0.3) is 0 Å². The monoisotopic (exact) mass is 186 g/mol. The van der Waals surface area contributed by atoms with Crippen molar-refractivity contribution in [2.45, 2.75) is 45.4 Å². The molecular weight excluding hydrogens is 160 g/mol. The van der Waals surface area contributed by atoms with Gasteiger partial charge in [-0.15, -0.1) is 0 Å². The number of hydrogen-bond donors (Lipinski definition) is 1. The van der Waals surface area contributed by atoms with Crippen LogP contribution in [0, 0.1) is 0 Å². The molecule has 0 rings (SSSR count). The summed E-state index contributed by atoms with van der Waals surface area (Å²) in [6.07, 6.45) is 7.81. The van der Waals surface area contributed by atoms with E-state index in [1.165, 1.54) is 51.6 Å². The molecule has 0 fully saturated rings. The Kier molecular flexibility index (Phi) is 9.94. The van der Waals surface area contributed by atoms with E-state index < -0.39 is 0 Å². The highest BCUT2D eigenvalue weighted by molar-refractivity contribution is 4.52. The molecule has 0 aliphatic rings. The third-order valence-corrected chi connectivity index (χ3v) is 2.39. The Morgan fingerprint density at radius 1 is 0.923 bits per heavy atom. The van der Waals surface area contributed by atoms with Crippen molar-refractivity contribution in [1.29, 1.82) is 0 Å². The van der Waals surface area contributed by atoms with Crippen molar-refractivity contribution in [1.82, 2.24) is 4.90 Å². The molecule has 2 heteroatoms. The van der Waals surface area contributed by atoms with E-state index in [4.69, 9.17) is 5.73 Å². The lowest BCUT2D eigenvalue weighted by Crippen LogP contribution is -2.21. The van der Waals surface area contributed by atoms with E-state index in [1.807, 2.05) is 0 Å². The first-order chi connectivity index (χ1) is 6.31. The molecular formula is C11H26N2. The van der Waals surface area contributed by atoms with Crippen LogP contribution in [0.5, 0.6) is 0 Å². The minimum Gasteiger partial charge on any atom is -0.330 e. The van der Waals surface area contributed by atoms with E-state index in [2.05, 4.69) is 18.9 Å². The van der Waals surface area contributed by atoms with Gasteiger partial charge in [-0.2, -0.15) is 0 Å². The normalized spacial score (nSPS) is 11.1. The van der Waals surface area contributed by atoms with Crippen molar-refractivity contribution < 1.29 is 0 Å². The van der Waals surface area contributed by atoms with E-state index in [-0.39, 0.29) is 0 Å². The highest BCUT2D eigenvalue weighted by Crippen LogP contribution is 1.99. The van der Waals surface area contributed by atoms with E-state index in [9.17, 15) is 0 Å². The summed E-state index contributed by atoms with van der Waals surface area (Å²) in [6.45, 7) is 5.60. The van der Waals surface area contributed by atoms with Crippen LogP contribution in [0.1, 0.15) is 45.4 Å². The van der Waals surface area contributed by atoms with Crippen molar-refractivity contribution in [2.24, 2.45) is 5.73 Å². The predicted molar refractivity (Wildman–Crippen MR) is 59.9 cm³/mol. The van der Waals surface area contributed by atoms with Gasteiger partial charge in [0.25, 0.3) is 0 Å². The third-order valence-electron chi connectivity index (χ3n) is 2.39. The Morgan fingerprint density at radius 3 is 2.08 bits per heavy atom. The van der Waals surface area contributed by atoms with Crippen molar-refractivity contribution >= 4 is 0 Å². The molecule has 0 saturated heterocycles. The Hall–Kier alpha value is -0.0800. The molecule has 0 aromatic carbocycles. The second-order valence-electron chi connectivity index (χ2n) is 3.86. The molecule has 0 spiro atoms. The summed E-state index contributed by atoms with van der Waals surface area (Å²) in [5.41, 5.74) is 5.43. The summed E-state index contributed by atoms with van der Waals surface area (Å²) >= 11 is 0. The van der Waals surface area contributed by atoms with Gasteiger partial charge >= 0.3 is 0 Å². The molecule has 0 saturated carbocycles. The summed E-state index contributed by atoms with van der Waals surface area (Å²) in [4.78, 5) is 2.44. The van der Waals surface area contributed by atoms with E-state index in [0.29, 0.717) is 0 Å². The lowest BCUT2D eigenvalue weighted by Gasteiger charge is -2.15. The molecule has 2 nitrogen and oxygen atoms in total. The van der Waals surface area contributed by atoms with Gasteiger partial charge in [0.15, 0.2) is 0 Å². The van der Waals surface area contributed by atoms with Gasteiger partial charge in [0.1, 0.15) is 0 Å². The van der Waals surface area contributed by atoms with Crippen LogP contribution < -0.4 is 5.73 Å². The summed E-state index contributed by atoms with van der Waals surface area (Å²) in [5.74, 6) is 0. The fourth-order valence-corrected chi connectivity index (χ4v) is 1.45. The lowest BCUT2D eigenvalue weighted by atomic mass is 10.2. The molecule has 0 unspecified atom stereocenters. The molecule has 2 N–H and O–H groups in total. The van der Waals surface area contributed by atoms with Crippen molar-refractivity contribution in [3.8, 4) is 0 Å². The maximum absolute atomic E-state index is 5.43. The third kappa shape index (κ3) is 9.84. The highest BCUT2D eigenvalue weighted by atomic mass is 15.1. The number of nitrogens with zero attached hydrogens (tertiary/aromatic N) is 1. The quantitative estimate of drug-likeness (QED) is 0.560. The van der Waals surface area contributed by atoms with Gasteiger partial charge in [-0.05, 0) is 45.9 Å². The molecule has 0 atom stereocenters. The molecule has 0 aromatic heterocycles. The SMILES string of the molecule is CCCCCN(C)CCCCCN. The molecule has 13 heavy (non-hydrogen) atoms. The van der Waals surface area contributed by atoms with Crippen molar-refractivity contribution in [2.75, 3.05) is 26.7 Å². The Balaban J connectivity index is 3.05. The number of nitrogens with two attached hydrogens (primary N) is 1. The fourth-order valence-electron chi connectivity index (χ4n) is 1.45. The fraction of sp³-hybridized carbons (Fsp3) is 1.00. The summed E-state index contributed by atoms with van der Waals surface area (Å²) < 4.78 is 0. The second-order valence-corrected chi connectivity index (χ2v) is 3.86. The van der Waals surface area contributed by atoms with Gasteiger partial charge in [-0.3, -0.25) is 0 Å². The molecule has 0 aliphatic heterocycles. The average molecular weight is 186 g/mol. The first-order valence-electron chi connectivity index (χ1n) is 5.70. The summed E-state index contributed by atoms with van der Waals surface area (Å²) in [7, 11) is 2.22. The highest BCUT2D eigenvalue weighted by Gasteiger charge is 1.96. The van der Waals surface area contributed by atoms with Crippen molar-refractivity contribution in [3.05, 3.63) is 0 Å². The lowest BCUT2D eigenvalue weighted by molar-refractivity contribution is 0.317. The topological polar surface area (TPSA) is 29.3 Å². The van der Waals surface area contributed by atoms with Gasteiger partial charge in [-0.1, -0.05) is 26.2 Å². The van der Waals surface area contributed by atoms with Crippen LogP contribution in [0.4, 0.5) is 0 Å². The van der Waals surface area contributed by atoms with Gasteiger partial charge in [0.05, 0.1) is 0 Å². The zero-order chi connectivity index (χ0) is 9.94. The maximum Gasteiger partial charge on any atom is -0.00218 e. The van der Waals surface area contributed by atoms with E-state index in [1.54, 1.807) is 0 Å². The molecule has 80 valence electrons. The van der Waals surface area contributed by atoms with Crippen LogP contribution in [-0.4, -0.2) is 31.6 Å². The first kappa shape index (κ1) is 12.9. The molecule has 0 heterocycles. The second kappa shape index (κ2) is 10.0. The summed E-state index contributed by atoms with van der Waals surface area (Å²) in [6, 6.07) is 0. The zero-order valence-corrected chi connectivity index (χ0v) is 9.39. The zero-order valence-electron chi connectivity index (χ0n) is 9.39. The van der Waals surface area contributed by atoms with Gasteiger partial charge in [0.2, 0.25) is 0 Å². The van der Waals surface area contributed by atoms with Crippen LogP contribution in [0.2, 0.25) is 0 Å². The molecule has 0 amide bonds. The van der Waals surface area contributed by atoms with Crippen LogP contribution in [0.3, 0.4) is 0 Å². The first-order valence-corrected chi connectivity index (χ1v) is 5.70. The number of rotatable bonds is 9. The largest absolute Gasteiger partial charge is 0.330 e. The van der Waals surface area contributed by atoms with Crippen LogP contribution in [0.15, 0.2) is 0 Å². The standard InChI is InChI=1S/C11H26N2/c1-3-4-7-10-13(2)11-8-5-6-9-12/h3-12H2,1-2H3. The molecule has 0 radical (unpaired) electrons. The van der Waals surface area contributed by atoms with Crippen LogP contribution in [-0.2, 0) is 0 Å². The molecule has 0 aliphatic carbocycles. The number of unbranched alkanes of at least 4 members (excludes halogenated alkanes) is 4. The van der Waals surface area contributed by atoms with E-state index >= 15 is 0 Å². The van der Waals surface area contributed by atoms with Gasteiger partial charge in [0, 0.05) is 0 Å². The smallest absolute Gasteiger partial charge is 0.00218 e. The molecule has 0 aromatic rings. The minimum atomic E-state index is 0.847. The van der Waals surface area contributed by atoms with Crippen molar-refractivity contribution in [3.63, 3.8) is 0 Å². The maximum atomic E-state index is 5.43. The van der Waals surface area contributed by atoms with E-state index in [0.717, 1.165) is 6.54 Å². The number of hydrogen-bond acceptors (Lipinski definition) is 2. The Bertz CT molecular complexity index is 94.1. The average Bonchev–Trinajstić information content (AvgIpc) is 2.13. The minimum absolute atomic E-state index is 0.847. The van der Waals surface area contributed by atoms with Gasteiger partial charge in [-0.25, -0.2) is 0 Å². The Morgan fingerprint density at radius 2 is 1.54 bits per heavy atom. The molecule has 0 bridgehead atoms. The summed E-state index contributed by atoms with van der Waals surface area (Å²) in [5, 5.41) is 0. The Labute approximate surface area is 83.5 Å².